The van der Waals surface area contributed by atoms with Crippen molar-refractivity contribution < 1.29 is 9.84 Å². The molecule has 0 atom stereocenters. The van der Waals surface area contributed by atoms with E-state index in [9.17, 15) is 5.11 Å². The summed E-state index contributed by atoms with van der Waals surface area (Å²) in [5.41, 5.74) is 1.43. The molecule has 0 aliphatic heterocycles. The minimum Gasteiger partial charge on any atom is -0.504 e. The molecule has 0 aliphatic carbocycles. The molecule has 3 nitrogen and oxygen atoms in total. The highest BCUT2D eigenvalue weighted by atomic mass is 79.9. The maximum atomic E-state index is 9.95. The molecule has 4 heteroatoms. The number of ether oxygens (including phenoxy) is 1. The number of para-hydroxylation sites is 1. The van der Waals surface area contributed by atoms with Crippen LogP contribution in [0.4, 0.5) is 5.69 Å². The maximum absolute atomic E-state index is 9.95. The van der Waals surface area contributed by atoms with Gasteiger partial charge in [0.25, 0.3) is 0 Å². The minimum absolute atomic E-state index is 0.0837. The third-order valence-corrected chi connectivity index (χ3v) is 2.86. The highest BCUT2D eigenvalue weighted by Gasteiger charge is 2.07. The fourth-order valence-electron chi connectivity index (χ4n) is 1.51. The summed E-state index contributed by atoms with van der Waals surface area (Å²) >= 11 is 3.36. The van der Waals surface area contributed by atoms with Crippen molar-refractivity contribution in [3.8, 4) is 11.5 Å². The number of nitrogens with zero attached hydrogens (tertiary/aromatic N) is 1. The van der Waals surface area contributed by atoms with Gasteiger partial charge in [0.15, 0.2) is 11.5 Å². The summed E-state index contributed by atoms with van der Waals surface area (Å²) in [6.07, 6.45) is 1.61. The topological polar surface area (TPSA) is 41.8 Å². The summed E-state index contributed by atoms with van der Waals surface area (Å²) in [7, 11) is 1.51. The standard InChI is InChI=1S/C14H12BrNO2/c1-18-13-8-11(15)7-10(14(13)17)9-16-12-5-3-2-4-6-12/h2-9,17H,1H3/b16-9-. The number of phenolic OH excluding ortho intramolecular Hbond substituents is 1. The van der Waals surface area contributed by atoms with Crippen LogP contribution in [0.25, 0.3) is 0 Å². The lowest BCUT2D eigenvalue weighted by Crippen LogP contribution is -1.89. The first-order chi connectivity index (χ1) is 8.70. The molecule has 2 aromatic rings. The average molecular weight is 306 g/mol. The van der Waals surface area contributed by atoms with E-state index in [0.29, 0.717) is 11.3 Å². The van der Waals surface area contributed by atoms with E-state index < -0.39 is 0 Å². The van der Waals surface area contributed by atoms with E-state index in [1.807, 2.05) is 30.3 Å². The predicted molar refractivity (Wildman–Crippen MR) is 76.1 cm³/mol. The van der Waals surface area contributed by atoms with Crippen LogP contribution in [0, 0.1) is 0 Å². The van der Waals surface area contributed by atoms with Gasteiger partial charge in [-0.25, -0.2) is 0 Å². The molecular formula is C14H12BrNO2. The average Bonchev–Trinajstić information content (AvgIpc) is 2.40. The molecule has 0 spiro atoms. The second-order valence-electron chi connectivity index (χ2n) is 3.64. The Hall–Kier alpha value is -1.81. The maximum Gasteiger partial charge on any atom is 0.166 e. The van der Waals surface area contributed by atoms with E-state index in [1.54, 1.807) is 18.3 Å². The Morgan fingerprint density at radius 2 is 1.94 bits per heavy atom. The monoisotopic (exact) mass is 305 g/mol. The first-order valence-corrected chi connectivity index (χ1v) is 6.15. The van der Waals surface area contributed by atoms with Crippen molar-refractivity contribution in [2.75, 3.05) is 7.11 Å². The number of hydrogen-bond donors (Lipinski definition) is 1. The van der Waals surface area contributed by atoms with E-state index in [4.69, 9.17) is 4.74 Å². The zero-order valence-electron chi connectivity index (χ0n) is 9.80. The number of methoxy groups -OCH3 is 1. The van der Waals surface area contributed by atoms with Crippen molar-refractivity contribution in [2.24, 2.45) is 4.99 Å². The van der Waals surface area contributed by atoms with Crippen molar-refractivity contribution in [2.45, 2.75) is 0 Å². The van der Waals surface area contributed by atoms with Crippen LogP contribution >= 0.6 is 15.9 Å². The van der Waals surface area contributed by atoms with E-state index in [2.05, 4.69) is 20.9 Å². The van der Waals surface area contributed by atoms with Gasteiger partial charge < -0.3 is 9.84 Å². The fraction of sp³-hybridized carbons (Fsp3) is 0.0714. The molecule has 0 saturated carbocycles. The molecular weight excluding hydrogens is 294 g/mol. The number of halogens is 1. The second kappa shape index (κ2) is 5.69. The lowest BCUT2D eigenvalue weighted by atomic mass is 10.2. The van der Waals surface area contributed by atoms with Crippen LogP contribution in [0.3, 0.4) is 0 Å². The first-order valence-electron chi connectivity index (χ1n) is 5.36. The molecule has 0 bridgehead atoms. The molecule has 18 heavy (non-hydrogen) atoms. The predicted octanol–water partition coefficient (Wildman–Crippen LogP) is 3.91. The van der Waals surface area contributed by atoms with Gasteiger partial charge in [0.2, 0.25) is 0 Å². The summed E-state index contributed by atoms with van der Waals surface area (Å²) in [5.74, 6) is 0.499. The van der Waals surface area contributed by atoms with Crippen LogP contribution in [0.5, 0.6) is 11.5 Å². The van der Waals surface area contributed by atoms with Crippen LogP contribution < -0.4 is 4.74 Å². The van der Waals surface area contributed by atoms with Gasteiger partial charge in [-0.3, -0.25) is 4.99 Å². The van der Waals surface area contributed by atoms with Crippen molar-refractivity contribution in [1.29, 1.82) is 0 Å². The smallest absolute Gasteiger partial charge is 0.166 e. The molecule has 0 aromatic heterocycles. The van der Waals surface area contributed by atoms with Crippen LogP contribution in [0.1, 0.15) is 5.56 Å². The third kappa shape index (κ3) is 2.90. The van der Waals surface area contributed by atoms with Crippen molar-refractivity contribution in [3.05, 3.63) is 52.5 Å². The number of phenols is 1. The van der Waals surface area contributed by atoms with Crippen molar-refractivity contribution in [1.82, 2.24) is 0 Å². The Bertz CT molecular complexity index is 568. The summed E-state index contributed by atoms with van der Waals surface area (Å²) < 4.78 is 5.90. The second-order valence-corrected chi connectivity index (χ2v) is 4.56. The van der Waals surface area contributed by atoms with Gasteiger partial charge >= 0.3 is 0 Å². The number of aromatic hydroxyl groups is 1. The van der Waals surface area contributed by atoms with Gasteiger partial charge in [0, 0.05) is 16.3 Å². The minimum atomic E-state index is 0.0837. The van der Waals surface area contributed by atoms with Gasteiger partial charge in [-0.1, -0.05) is 34.1 Å². The lowest BCUT2D eigenvalue weighted by Gasteiger charge is -2.06. The van der Waals surface area contributed by atoms with Gasteiger partial charge in [0.1, 0.15) is 0 Å². The Balaban J connectivity index is 2.35. The molecule has 2 rings (SSSR count). The highest BCUT2D eigenvalue weighted by Crippen LogP contribution is 2.32. The van der Waals surface area contributed by atoms with Crippen LogP contribution in [0.15, 0.2) is 51.9 Å². The van der Waals surface area contributed by atoms with E-state index in [0.717, 1.165) is 10.2 Å². The van der Waals surface area contributed by atoms with Crippen LogP contribution in [-0.2, 0) is 0 Å². The highest BCUT2D eigenvalue weighted by molar-refractivity contribution is 9.10. The Morgan fingerprint density at radius 1 is 1.22 bits per heavy atom. The zero-order chi connectivity index (χ0) is 13.0. The quantitative estimate of drug-likeness (QED) is 0.873. The van der Waals surface area contributed by atoms with Crippen molar-refractivity contribution in [3.63, 3.8) is 0 Å². The molecule has 0 heterocycles. The van der Waals surface area contributed by atoms with Gasteiger partial charge in [-0.05, 0) is 24.3 Å². The number of benzene rings is 2. The normalized spacial score (nSPS) is 10.8. The lowest BCUT2D eigenvalue weighted by molar-refractivity contribution is 0.373. The fourth-order valence-corrected chi connectivity index (χ4v) is 1.96. The molecule has 2 aromatic carbocycles. The van der Waals surface area contributed by atoms with Gasteiger partial charge in [-0.2, -0.15) is 0 Å². The van der Waals surface area contributed by atoms with E-state index >= 15 is 0 Å². The molecule has 0 aliphatic rings. The number of rotatable bonds is 3. The van der Waals surface area contributed by atoms with Crippen LogP contribution in [-0.4, -0.2) is 18.4 Å². The van der Waals surface area contributed by atoms with E-state index in [1.165, 1.54) is 7.11 Å². The molecule has 0 amide bonds. The van der Waals surface area contributed by atoms with E-state index in [-0.39, 0.29) is 5.75 Å². The first kappa shape index (κ1) is 12.6. The molecule has 0 radical (unpaired) electrons. The SMILES string of the molecule is COc1cc(Br)cc(/C=N\c2ccccc2)c1O. The Labute approximate surface area is 114 Å². The molecule has 0 unspecified atom stereocenters. The number of hydrogen-bond acceptors (Lipinski definition) is 3. The third-order valence-electron chi connectivity index (χ3n) is 2.40. The van der Waals surface area contributed by atoms with Crippen LogP contribution in [0.2, 0.25) is 0 Å². The summed E-state index contributed by atoms with van der Waals surface area (Å²) in [5, 5.41) is 9.95. The Morgan fingerprint density at radius 3 is 2.61 bits per heavy atom. The molecule has 1 N–H and O–H groups in total. The summed E-state index contributed by atoms with van der Waals surface area (Å²) in [6, 6.07) is 13.0. The molecule has 0 fully saturated rings. The molecule has 92 valence electrons. The largest absolute Gasteiger partial charge is 0.504 e. The summed E-state index contributed by atoms with van der Waals surface area (Å²) in [6.45, 7) is 0. The van der Waals surface area contributed by atoms with Gasteiger partial charge in [0.05, 0.1) is 12.8 Å². The molecule has 0 saturated heterocycles. The summed E-state index contributed by atoms with van der Waals surface area (Å²) in [4.78, 5) is 4.29. The van der Waals surface area contributed by atoms with Gasteiger partial charge in [-0.15, -0.1) is 0 Å². The van der Waals surface area contributed by atoms with Crippen molar-refractivity contribution >= 4 is 27.8 Å². The Kier molecular flexibility index (Phi) is 3.99. The number of aliphatic imine (C=N–C) groups is 1. The zero-order valence-corrected chi connectivity index (χ0v) is 11.4.